The van der Waals surface area contributed by atoms with Crippen molar-refractivity contribution in [3.8, 4) is 11.3 Å². The van der Waals surface area contributed by atoms with E-state index in [1.807, 2.05) is 67.6 Å². The monoisotopic (exact) mass is 527 g/mol. The number of esters is 1. The van der Waals surface area contributed by atoms with Crippen LogP contribution in [-0.4, -0.2) is 60.3 Å². The fourth-order valence-corrected chi connectivity index (χ4v) is 3.59. The van der Waals surface area contributed by atoms with Gasteiger partial charge >= 0.3 is 12.1 Å². The first-order valence-corrected chi connectivity index (χ1v) is 10.9. The van der Waals surface area contributed by atoms with Gasteiger partial charge in [0.25, 0.3) is 3.90 Å². The maximum atomic E-state index is 12.2. The van der Waals surface area contributed by atoms with Gasteiger partial charge < -0.3 is 23.7 Å². The Hall–Kier alpha value is -2.30. The Balaban J connectivity index is 1.66. The fourth-order valence-electron chi connectivity index (χ4n) is 3.12. The molecule has 0 atom stereocenters. The Morgan fingerprint density at radius 3 is 2.33 bits per heavy atom. The molecule has 0 bridgehead atoms. The first-order valence-electron chi connectivity index (χ1n) is 9.84. The first-order chi connectivity index (χ1) is 14.2. The molecule has 3 rings (SSSR count). The van der Waals surface area contributed by atoms with Gasteiger partial charge in [0.15, 0.2) is 11.5 Å². The van der Waals surface area contributed by atoms with Crippen molar-refractivity contribution in [2.75, 3.05) is 37.7 Å². The number of hydrogen-bond acceptors (Lipinski definition) is 7. The number of oxazole rings is 1. The van der Waals surface area contributed by atoms with Crippen molar-refractivity contribution in [2.45, 2.75) is 33.3 Å². The molecular weight excluding hydrogens is 501 g/mol. The van der Waals surface area contributed by atoms with Gasteiger partial charge in [-0.15, -0.1) is 0 Å². The van der Waals surface area contributed by atoms with Crippen molar-refractivity contribution in [1.29, 1.82) is 0 Å². The lowest BCUT2D eigenvalue weighted by molar-refractivity contribution is 0.0240. The second kappa shape index (κ2) is 9.23. The number of rotatable bonds is 4. The zero-order valence-corrected chi connectivity index (χ0v) is 19.8. The van der Waals surface area contributed by atoms with Crippen LogP contribution in [0.5, 0.6) is 0 Å². The summed E-state index contributed by atoms with van der Waals surface area (Å²) in [5.74, 6) is -0.0966. The highest BCUT2D eigenvalue weighted by Gasteiger charge is 2.26. The molecule has 30 heavy (non-hydrogen) atoms. The zero-order valence-electron chi connectivity index (χ0n) is 17.6. The smallest absolute Gasteiger partial charge is 0.410 e. The van der Waals surface area contributed by atoms with Crippen molar-refractivity contribution in [3.63, 3.8) is 0 Å². The van der Waals surface area contributed by atoms with Crippen LogP contribution in [-0.2, 0) is 9.47 Å². The van der Waals surface area contributed by atoms with E-state index >= 15 is 0 Å². The van der Waals surface area contributed by atoms with Crippen LogP contribution in [0.4, 0.5) is 10.5 Å². The minimum atomic E-state index is -0.499. The molecule has 0 N–H and O–H groups in total. The number of halogens is 1. The molecule has 1 amide bonds. The minimum Gasteiger partial charge on any atom is -0.461 e. The lowest BCUT2D eigenvalue weighted by Crippen LogP contribution is -2.50. The predicted molar refractivity (Wildman–Crippen MR) is 121 cm³/mol. The van der Waals surface area contributed by atoms with Gasteiger partial charge in [0.1, 0.15) is 5.60 Å². The van der Waals surface area contributed by atoms with Crippen LogP contribution in [0.25, 0.3) is 11.3 Å². The summed E-state index contributed by atoms with van der Waals surface area (Å²) in [4.78, 5) is 32.5. The van der Waals surface area contributed by atoms with Crippen LogP contribution in [0.2, 0.25) is 0 Å². The number of carbonyl (C=O) groups excluding carboxylic acids is 2. The average molecular weight is 527 g/mol. The molecular formula is C21H26IN3O5. The van der Waals surface area contributed by atoms with Crippen molar-refractivity contribution in [2.24, 2.45) is 0 Å². The highest BCUT2D eigenvalue weighted by Crippen LogP contribution is 2.29. The molecule has 1 aromatic carbocycles. The number of benzene rings is 1. The molecule has 0 spiro atoms. The molecule has 9 heteroatoms. The summed E-state index contributed by atoms with van der Waals surface area (Å²) in [7, 11) is 0. The Kier molecular flexibility index (Phi) is 6.89. The van der Waals surface area contributed by atoms with Gasteiger partial charge in [-0.3, -0.25) is 0 Å². The van der Waals surface area contributed by atoms with Crippen molar-refractivity contribution in [1.82, 2.24) is 9.88 Å². The van der Waals surface area contributed by atoms with E-state index in [1.165, 1.54) is 0 Å². The Labute approximate surface area is 189 Å². The molecule has 0 radical (unpaired) electrons. The van der Waals surface area contributed by atoms with Gasteiger partial charge in [-0.25, -0.2) is 9.59 Å². The van der Waals surface area contributed by atoms with Crippen LogP contribution in [0.15, 0.2) is 28.7 Å². The molecule has 0 saturated carbocycles. The molecule has 2 heterocycles. The van der Waals surface area contributed by atoms with E-state index < -0.39 is 11.6 Å². The third-order valence-electron chi connectivity index (χ3n) is 4.50. The molecule has 8 nitrogen and oxygen atoms in total. The summed E-state index contributed by atoms with van der Waals surface area (Å²) >= 11 is 1.94. The van der Waals surface area contributed by atoms with E-state index in [-0.39, 0.29) is 18.4 Å². The first kappa shape index (κ1) is 22.4. The molecule has 1 saturated heterocycles. The Morgan fingerprint density at radius 1 is 1.13 bits per heavy atom. The molecule has 0 aliphatic carbocycles. The third kappa shape index (κ3) is 5.44. The van der Waals surface area contributed by atoms with Gasteiger partial charge in [0.2, 0.25) is 0 Å². The molecule has 1 aliphatic rings. The normalized spacial score (nSPS) is 14.6. The second-order valence-corrected chi connectivity index (χ2v) is 8.79. The van der Waals surface area contributed by atoms with Gasteiger partial charge in [-0.2, -0.15) is 4.98 Å². The lowest BCUT2D eigenvalue weighted by atomic mass is 10.1. The van der Waals surface area contributed by atoms with E-state index in [2.05, 4.69) is 9.88 Å². The maximum Gasteiger partial charge on any atom is 0.410 e. The topological polar surface area (TPSA) is 85.1 Å². The number of nitrogens with zero attached hydrogens (tertiary/aromatic N) is 3. The maximum absolute atomic E-state index is 12.2. The summed E-state index contributed by atoms with van der Waals surface area (Å²) in [6.45, 7) is 10.3. The van der Waals surface area contributed by atoms with Gasteiger partial charge in [-0.05, 0) is 52.0 Å². The second-order valence-electron chi connectivity index (χ2n) is 7.87. The van der Waals surface area contributed by atoms with E-state index in [0.29, 0.717) is 35.8 Å². The number of hydrogen-bond donors (Lipinski definition) is 0. The number of aromatic nitrogens is 1. The van der Waals surface area contributed by atoms with Crippen LogP contribution in [0.3, 0.4) is 0 Å². The predicted octanol–water partition coefficient (Wildman–Crippen LogP) is 4.18. The highest BCUT2D eigenvalue weighted by atomic mass is 127. The summed E-state index contributed by atoms with van der Waals surface area (Å²) in [5.41, 5.74) is 1.48. The summed E-state index contributed by atoms with van der Waals surface area (Å²) in [5, 5.41) is 0. The van der Waals surface area contributed by atoms with Crippen LogP contribution in [0.1, 0.15) is 38.2 Å². The summed E-state index contributed by atoms with van der Waals surface area (Å²) < 4.78 is 16.5. The van der Waals surface area contributed by atoms with E-state index in [4.69, 9.17) is 13.9 Å². The molecule has 162 valence electrons. The highest BCUT2D eigenvalue weighted by molar-refractivity contribution is 14.1. The lowest BCUT2D eigenvalue weighted by Gasteiger charge is -2.36. The van der Waals surface area contributed by atoms with Crippen LogP contribution >= 0.6 is 22.6 Å². The molecule has 1 aliphatic heterocycles. The number of ether oxygens (including phenoxy) is 2. The van der Waals surface area contributed by atoms with Gasteiger partial charge in [-0.1, -0.05) is 0 Å². The molecule has 1 fully saturated rings. The fraction of sp³-hybridized carbons (Fsp3) is 0.476. The molecule has 0 unspecified atom stereocenters. The number of amides is 1. The molecule has 1 aromatic heterocycles. The minimum absolute atomic E-state index is 0.181. The SMILES string of the molecule is CCOC(=O)c1nc(I)oc1-c1ccc(N2CCN(C(=O)OC(C)(C)C)CC2)cc1. The average Bonchev–Trinajstić information content (AvgIpc) is 3.09. The van der Waals surface area contributed by atoms with E-state index in [0.717, 1.165) is 11.3 Å². The Bertz CT molecular complexity index is 896. The number of carbonyl (C=O) groups is 2. The summed E-state index contributed by atoms with van der Waals surface area (Å²) in [6.07, 6.45) is -0.274. The van der Waals surface area contributed by atoms with Crippen molar-refractivity contribution in [3.05, 3.63) is 33.9 Å². The van der Waals surface area contributed by atoms with E-state index in [9.17, 15) is 9.59 Å². The number of anilines is 1. The van der Waals surface area contributed by atoms with Crippen molar-refractivity contribution >= 4 is 40.3 Å². The largest absolute Gasteiger partial charge is 0.461 e. The van der Waals surface area contributed by atoms with Crippen LogP contribution < -0.4 is 4.90 Å². The third-order valence-corrected chi connectivity index (χ3v) is 4.96. The van der Waals surface area contributed by atoms with Gasteiger partial charge in [0.05, 0.1) is 6.61 Å². The quantitative estimate of drug-likeness (QED) is 0.436. The van der Waals surface area contributed by atoms with Gasteiger partial charge in [0, 0.05) is 60.0 Å². The Morgan fingerprint density at radius 2 is 1.77 bits per heavy atom. The molecule has 2 aromatic rings. The summed E-state index contributed by atoms with van der Waals surface area (Å²) in [6, 6.07) is 7.75. The number of piperazine rings is 1. The standard InChI is InChI=1S/C21H26IN3O5/c1-5-28-18(26)16-17(29-19(22)23-16)14-6-8-15(9-7-14)24-10-12-25(13-11-24)20(27)30-21(2,3)4/h6-9H,5,10-13H2,1-4H3. The zero-order chi connectivity index (χ0) is 21.9. The van der Waals surface area contributed by atoms with Crippen LogP contribution in [0, 0.1) is 3.90 Å². The van der Waals surface area contributed by atoms with Crippen molar-refractivity contribution < 1.29 is 23.5 Å². The van der Waals surface area contributed by atoms with E-state index in [1.54, 1.807) is 11.8 Å².